The number of hydrogen-bond acceptors (Lipinski definition) is 4. The van der Waals surface area contributed by atoms with Crippen molar-refractivity contribution in [2.24, 2.45) is 0 Å². The number of nitrogens with zero attached hydrogens (tertiary/aromatic N) is 2. The molecule has 0 saturated heterocycles. The maximum atomic E-state index is 10.4. The van der Waals surface area contributed by atoms with Crippen molar-refractivity contribution in [2.45, 2.75) is 13.0 Å². The molecule has 1 unspecified atom stereocenters. The minimum Gasteiger partial charge on any atom is -0.479 e. The van der Waals surface area contributed by atoms with E-state index in [1.807, 2.05) is 0 Å². The third kappa shape index (κ3) is 2.87. The predicted molar refractivity (Wildman–Crippen MR) is 44.8 cm³/mol. The van der Waals surface area contributed by atoms with Gasteiger partial charge in [0.05, 0.1) is 17.4 Å². The average Bonchev–Trinajstić information content (AvgIpc) is 2.08. The standard InChI is InChI=1S/C7H7ClN2O3/c1-4(6(11)12)13-7-9-2-5(8)3-10-7/h2-4H,1H3,(H,11,12). The fourth-order valence-electron chi connectivity index (χ4n) is 0.570. The largest absolute Gasteiger partial charge is 0.479 e. The van der Waals surface area contributed by atoms with Crippen LogP contribution in [-0.2, 0) is 4.79 Å². The Balaban J connectivity index is 2.64. The van der Waals surface area contributed by atoms with Gasteiger partial charge < -0.3 is 9.84 Å². The molecule has 1 aromatic rings. The van der Waals surface area contributed by atoms with E-state index < -0.39 is 12.1 Å². The molecule has 0 aromatic carbocycles. The van der Waals surface area contributed by atoms with Gasteiger partial charge in [-0.2, -0.15) is 0 Å². The SMILES string of the molecule is CC(Oc1ncc(Cl)cn1)C(=O)O. The van der Waals surface area contributed by atoms with Crippen molar-refractivity contribution in [3.63, 3.8) is 0 Å². The van der Waals surface area contributed by atoms with Gasteiger partial charge in [-0.05, 0) is 6.92 Å². The van der Waals surface area contributed by atoms with Crippen molar-refractivity contribution in [3.05, 3.63) is 17.4 Å². The van der Waals surface area contributed by atoms with Gasteiger partial charge in [0.1, 0.15) is 0 Å². The van der Waals surface area contributed by atoms with Crippen LogP contribution in [0.15, 0.2) is 12.4 Å². The van der Waals surface area contributed by atoms with Crippen molar-refractivity contribution >= 4 is 17.6 Å². The van der Waals surface area contributed by atoms with Crippen LogP contribution >= 0.6 is 11.6 Å². The number of aliphatic carboxylic acids is 1. The summed E-state index contributed by atoms with van der Waals surface area (Å²) in [6.07, 6.45) is 1.69. The molecule has 0 aliphatic rings. The van der Waals surface area contributed by atoms with E-state index in [1.54, 1.807) is 0 Å². The van der Waals surface area contributed by atoms with E-state index in [-0.39, 0.29) is 6.01 Å². The van der Waals surface area contributed by atoms with E-state index in [2.05, 4.69) is 9.97 Å². The molecule has 0 bridgehead atoms. The fraction of sp³-hybridized carbons (Fsp3) is 0.286. The number of halogens is 1. The molecule has 0 fully saturated rings. The molecule has 6 heteroatoms. The second kappa shape index (κ2) is 4.04. The van der Waals surface area contributed by atoms with Gasteiger partial charge in [-0.3, -0.25) is 0 Å². The highest BCUT2D eigenvalue weighted by Crippen LogP contribution is 2.08. The molecule has 5 nitrogen and oxygen atoms in total. The molecule has 0 saturated carbocycles. The maximum absolute atomic E-state index is 10.4. The third-order valence-electron chi connectivity index (χ3n) is 1.23. The van der Waals surface area contributed by atoms with Crippen LogP contribution in [0.25, 0.3) is 0 Å². The number of ether oxygens (including phenoxy) is 1. The van der Waals surface area contributed by atoms with Crippen LogP contribution in [0.4, 0.5) is 0 Å². The molecule has 1 heterocycles. The summed E-state index contributed by atoms with van der Waals surface area (Å²) in [5.41, 5.74) is 0. The van der Waals surface area contributed by atoms with Crippen molar-refractivity contribution in [3.8, 4) is 6.01 Å². The highest BCUT2D eigenvalue weighted by molar-refractivity contribution is 6.30. The van der Waals surface area contributed by atoms with Crippen molar-refractivity contribution in [1.82, 2.24) is 9.97 Å². The molecule has 0 aliphatic carbocycles. The second-order valence-corrected chi connectivity index (χ2v) is 2.72. The Morgan fingerprint density at radius 2 is 2.15 bits per heavy atom. The van der Waals surface area contributed by atoms with Gasteiger partial charge in [0.2, 0.25) is 0 Å². The number of hydrogen-bond donors (Lipinski definition) is 1. The summed E-state index contributed by atoms with van der Waals surface area (Å²) in [4.78, 5) is 17.7. The Morgan fingerprint density at radius 1 is 1.62 bits per heavy atom. The van der Waals surface area contributed by atoms with Crippen molar-refractivity contribution < 1.29 is 14.6 Å². The van der Waals surface area contributed by atoms with Gasteiger partial charge in [0.25, 0.3) is 0 Å². The van der Waals surface area contributed by atoms with Crippen LogP contribution in [0.1, 0.15) is 6.92 Å². The highest BCUT2D eigenvalue weighted by Gasteiger charge is 2.13. The lowest BCUT2D eigenvalue weighted by molar-refractivity contribution is -0.144. The van der Waals surface area contributed by atoms with Crippen LogP contribution in [0.5, 0.6) is 6.01 Å². The summed E-state index contributed by atoms with van der Waals surface area (Å²) in [6.45, 7) is 1.39. The molecule has 70 valence electrons. The van der Waals surface area contributed by atoms with Gasteiger partial charge in [-0.25, -0.2) is 14.8 Å². The number of aromatic nitrogens is 2. The lowest BCUT2D eigenvalue weighted by atomic mass is 10.4. The fourth-order valence-corrected chi connectivity index (χ4v) is 0.667. The molecule has 1 N–H and O–H groups in total. The molecule has 1 rings (SSSR count). The minimum atomic E-state index is -1.07. The van der Waals surface area contributed by atoms with Crippen LogP contribution in [0, 0.1) is 0 Å². The Labute approximate surface area is 79.3 Å². The molecule has 13 heavy (non-hydrogen) atoms. The molecule has 0 spiro atoms. The Bertz CT molecular complexity index is 301. The zero-order valence-electron chi connectivity index (χ0n) is 6.77. The summed E-state index contributed by atoms with van der Waals surface area (Å²) in [7, 11) is 0. The van der Waals surface area contributed by atoms with Gasteiger partial charge in [0.15, 0.2) is 6.10 Å². The molecule has 1 atom stereocenters. The van der Waals surface area contributed by atoms with Crippen LogP contribution in [0.3, 0.4) is 0 Å². The Morgan fingerprint density at radius 3 is 2.62 bits per heavy atom. The van der Waals surface area contributed by atoms with Crippen molar-refractivity contribution in [2.75, 3.05) is 0 Å². The topological polar surface area (TPSA) is 72.3 Å². The van der Waals surface area contributed by atoms with Gasteiger partial charge in [0, 0.05) is 0 Å². The predicted octanol–water partition coefficient (Wildman–Crippen LogP) is 0.982. The van der Waals surface area contributed by atoms with E-state index in [0.717, 1.165) is 0 Å². The first-order valence-electron chi connectivity index (χ1n) is 3.46. The molecular weight excluding hydrogens is 196 g/mol. The molecule has 0 amide bonds. The highest BCUT2D eigenvalue weighted by atomic mass is 35.5. The number of rotatable bonds is 3. The van der Waals surface area contributed by atoms with Gasteiger partial charge in [-0.15, -0.1) is 0 Å². The number of carboxylic acids is 1. The van der Waals surface area contributed by atoms with Crippen LogP contribution in [0.2, 0.25) is 5.02 Å². The first kappa shape index (κ1) is 9.73. The smallest absolute Gasteiger partial charge is 0.344 e. The van der Waals surface area contributed by atoms with Crippen LogP contribution in [-0.4, -0.2) is 27.1 Å². The average molecular weight is 203 g/mol. The summed E-state index contributed by atoms with van der Waals surface area (Å²) < 4.78 is 4.85. The van der Waals surface area contributed by atoms with E-state index in [1.165, 1.54) is 19.3 Å². The second-order valence-electron chi connectivity index (χ2n) is 2.28. The molecule has 0 radical (unpaired) electrons. The number of carbonyl (C=O) groups is 1. The van der Waals surface area contributed by atoms with Crippen molar-refractivity contribution in [1.29, 1.82) is 0 Å². The Kier molecular flexibility index (Phi) is 3.02. The summed E-state index contributed by atoms with van der Waals surface area (Å²) in [6, 6.07) is -0.000648. The van der Waals surface area contributed by atoms with E-state index in [0.29, 0.717) is 5.02 Å². The van der Waals surface area contributed by atoms with E-state index in [9.17, 15) is 4.79 Å². The lowest BCUT2D eigenvalue weighted by Gasteiger charge is -2.06. The molecule has 0 aliphatic heterocycles. The monoisotopic (exact) mass is 202 g/mol. The first-order valence-corrected chi connectivity index (χ1v) is 3.84. The first-order chi connectivity index (χ1) is 6.09. The zero-order chi connectivity index (χ0) is 9.84. The van der Waals surface area contributed by atoms with Crippen LogP contribution < -0.4 is 4.74 Å². The zero-order valence-corrected chi connectivity index (χ0v) is 7.52. The van der Waals surface area contributed by atoms with E-state index in [4.69, 9.17) is 21.4 Å². The summed E-state index contributed by atoms with van der Waals surface area (Å²) in [5, 5.41) is 8.86. The van der Waals surface area contributed by atoms with Gasteiger partial charge in [-0.1, -0.05) is 11.6 Å². The minimum absolute atomic E-state index is 0.000648. The lowest BCUT2D eigenvalue weighted by Crippen LogP contribution is -2.23. The number of carboxylic acid groups (broad SMARTS) is 1. The quantitative estimate of drug-likeness (QED) is 0.791. The summed E-state index contributed by atoms with van der Waals surface area (Å²) in [5.74, 6) is -1.07. The Hall–Kier alpha value is -1.36. The summed E-state index contributed by atoms with van der Waals surface area (Å²) >= 11 is 5.51. The molecule has 1 aromatic heterocycles. The maximum Gasteiger partial charge on any atom is 0.344 e. The molecular formula is C7H7ClN2O3. The third-order valence-corrected chi connectivity index (χ3v) is 1.42. The normalized spacial score (nSPS) is 12.2. The van der Waals surface area contributed by atoms with E-state index >= 15 is 0 Å². The van der Waals surface area contributed by atoms with Gasteiger partial charge >= 0.3 is 12.0 Å².